The SMILES string of the molecule is Cc1cccc(-n2c(=O)c3ccc(Cl)cc3n([C@H](C)C(=O)NCc3ccco3)c2=O)c1. The highest BCUT2D eigenvalue weighted by Crippen LogP contribution is 2.20. The molecule has 0 aliphatic rings. The predicted molar refractivity (Wildman–Crippen MR) is 119 cm³/mol. The Kier molecular flexibility index (Phi) is 5.52. The Hall–Kier alpha value is -3.58. The summed E-state index contributed by atoms with van der Waals surface area (Å²) in [5, 5.41) is 3.41. The molecule has 1 atom stereocenters. The number of nitrogens with one attached hydrogen (secondary N) is 1. The molecule has 0 fully saturated rings. The van der Waals surface area contributed by atoms with E-state index in [4.69, 9.17) is 16.0 Å². The minimum Gasteiger partial charge on any atom is -0.467 e. The van der Waals surface area contributed by atoms with Gasteiger partial charge in [-0.25, -0.2) is 9.36 Å². The molecule has 8 heteroatoms. The monoisotopic (exact) mass is 437 g/mol. The maximum Gasteiger partial charge on any atom is 0.336 e. The number of carbonyl (C=O) groups is 1. The highest BCUT2D eigenvalue weighted by Gasteiger charge is 2.23. The van der Waals surface area contributed by atoms with E-state index >= 15 is 0 Å². The van der Waals surface area contributed by atoms with Gasteiger partial charge in [0.25, 0.3) is 5.56 Å². The molecule has 1 N–H and O–H groups in total. The highest BCUT2D eigenvalue weighted by molar-refractivity contribution is 6.31. The van der Waals surface area contributed by atoms with Gasteiger partial charge in [-0.05, 0) is 61.9 Å². The summed E-state index contributed by atoms with van der Waals surface area (Å²) < 4.78 is 7.61. The first-order valence-corrected chi connectivity index (χ1v) is 10.1. The Morgan fingerprint density at radius 3 is 2.65 bits per heavy atom. The van der Waals surface area contributed by atoms with E-state index in [-0.39, 0.29) is 11.9 Å². The van der Waals surface area contributed by atoms with Crippen LogP contribution in [0.4, 0.5) is 0 Å². The third-order valence-electron chi connectivity index (χ3n) is 5.09. The van der Waals surface area contributed by atoms with Gasteiger partial charge in [-0.3, -0.25) is 14.2 Å². The first kappa shape index (κ1) is 20.7. The second kappa shape index (κ2) is 8.28. The zero-order chi connectivity index (χ0) is 22.1. The van der Waals surface area contributed by atoms with Gasteiger partial charge >= 0.3 is 5.69 Å². The van der Waals surface area contributed by atoms with Crippen molar-refractivity contribution in [2.75, 3.05) is 0 Å². The molecule has 7 nitrogen and oxygen atoms in total. The van der Waals surface area contributed by atoms with Gasteiger partial charge in [0, 0.05) is 5.02 Å². The number of aryl methyl sites for hydroxylation is 1. The van der Waals surface area contributed by atoms with Gasteiger partial charge in [0.05, 0.1) is 29.4 Å². The molecular formula is C23H20ClN3O4. The average Bonchev–Trinajstić information content (AvgIpc) is 3.25. The maximum atomic E-state index is 13.5. The smallest absolute Gasteiger partial charge is 0.336 e. The molecule has 2 aromatic carbocycles. The van der Waals surface area contributed by atoms with Crippen molar-refractivity contribution in [2.24, 2.45) is 0 Å². The van der Waals surface area contributed by atoms with Crippen molar-refractivity contribution in [1.82, 2.24) is 14.5 Å². The summed E-state index contributed by atoms with van der Waals surface area (Å²) in [6, 6.07) is 14.3. The van der Waals surface area contributed by atoms with Crippen LogP contribution in [0.2, 0.25) is 5.02 Å². The summed E-state index contributed by atoms with van der Waals surface area (Å²) in [5.41, 5.74) is 0.541. The molecule has 0 bridgehead atoms. The second-order valence-electron chi connectivity index (χ2n) is 7.27. The minimum absolute atomic E-state index is 0.182. The Morgan fingerprint density at radius 2 is 1.94 bits per heavy atom. The Labute approximate surface area is 182 Å². The van der Waals surface area contributed by atoms with E-state index in [1.54, 1.807) is 49.4 Å². The van der Waals surface area contributed by atoms with Gasteiger partial charge in [0.1, 0.15) is 11.8 Å². The van der Waals surface area contributed by atoms with Gasteiger partial charge in [0.15, 0.2) is 0 Å². The van der Waals surface area contributed by atoms with Crippen LogP contribution in [0.25, 0.3) is 16.6 Å². The van der Waals surface area contributed by atoms with Crippen LogP contribution >= 0.6 is 11.6 Å². The lowest BCUT2D eigenvalue weighted by Gasteiger charge is -2.19. The maximum absolute atomic E-state index is 13.5. The molecular weight excluding hydrogens is 418 g/mol. The first-order valence-electron chi connectivity index (χ1n) is 9.71. The van der Waals surface area contributed by atoms with Gasteiger partial charge < -0.3 is 9.73 Å². The van der Waals surface area contributed by atoms with E-state index in [9.17, 15) is 14.4 Å². The summed E-state index contributed by atoms with van der Waals surface area (Å²) in [7, 11) is 0. The molecule has 2 aromatic heterocycles. The van der Waals surface area contributed by atoms with Crippen LogP contribution in [0.5, 0.6) is 0 Å². The van der Waals surface area contributed by atoms with E-state index < -0.39 is 23.2 Å². The van der Waals surface area contributed by atoms with Crippen molar-refractivity contribution in [3.63, 3.8) is 0 Å². The number of amides is 1. The lowest BCUT2D eigenvalue weighted by Crippen LogP contribution is -2.43. The number of hydrogen-bond donors (Lipinski definition) is 1. The van der Waals surface area contributed by atoms with E-state index in [2.05, 4.69) is 5.32 Å². The van der Waals surface area contributed by atoms with Gasteiger partial charge in [0.2, 0.25) is 5.91 Å². The van der Waals surface area contributed by atoms with Crippen molar-refractivity contribution >= 4 is 28.4 Å². The number of aromatic nitrogens is 2. The molecule has 0 radical (unpaired) electrons. The molecule has 0 saturated heterocycles. The lowest BCUT2D eigenvalue weighted by atomic mass is 10.2. The summed E-state index contributed by atoms with van der Waals surface area (Å²) >= 11 is 6.15. The third-order valence-corrected chi connectivity index (χ3v) is 5.33. The number of carbonyl (C=O) groups excluding carboxylic acids is 1. The lowest BCUT2D eigenvalue weighted by molar-refractivity contribution is -0.124. The van der Waals surface area contributed by atoms with Crippen LogP contribution in [0, 0.1) is 6.92 Å². The molecule has 0 aliphatic carbocycles. The van der Waals surface area contributed by atoms with Crippen LogP contribution in [-0.2, 0) is 11.3 Å². The summed E-state index contributed by atoms with van der Waals surface area (Å²) in [5.74, 6) is 0.194. The normalized spacial score (nSPS) is 12.1. The van der Waals surface area contributed by atoms with Crippen LogP contribution in [-0.4, -0.2) is 15.0 Å². The van der Waals surface area contributed by atoms with E-state index in [1.165, 1.54) is 16.9 Å². The molecule has 0 aliphatic heterocycles. The van der Waals surface area contributed by atoms with Crippen molar-refractivity contribution in [3.05, 3.63) is 98.0 Å². The number of rotatable bonds is 5. The fraction of sp³-hybridized carbons (Fsp3) is 0.174. The molecule has 31 heavy (non-hydrogen) atoms. The quantitative estimate of drug-likeness (QED) is 0.517. The first-order chi connectivity index (χ1) is 14.9. The van der Waals surface area contributed by atoms with Crippen molar-refractivity contribution in [2.45, 2.75) is 26.4 Å². The van der Waals surface area contributed by atoms with Crippen LogP contribution in [0.15, 0.2) is 74.9 Å². The Bertz CT molecular complexity index is 1390. The number of fused-ring (bicyclic) bond motifs is 1. The summed E-state index contributed by atoms with van der Waals surface area (Å²) in [6.45, 7) is 3.66. The molecule has 2 heterocycles. The zero-order valence-electron chi connectivity index (χ0n) is 17.0. The predicted octanol–water partition coefficient (Wildman–Crippen LogP) is 3.58. The van der Waals surface area contributed by atoms with Crippen LogP contribution in [0.1, 0.15) is 24.3 Å². The summed E-state index contributed by atoms with van der Waals surface area (Å²) in [4.78, 5) is 39.6. The average molecular weight is 438 g/mol. The number of nitrogens with zero attached hydrogens (tertiary/aromatic N) is 2. The van der Waals surface area contributed by atoms with Gasteiger partial charge in [-0.2, -0.15) is 0 Å². The van der Waals surface area contributed by atoms with E-state index in [0.29, 0.717) is 22.0 Å². The van der Waals surface area contributed by atoms with Crippen molar-refractivity contribution < 1.29 is 9.21 Å². The molecule has 0 unspecified atom stereocenters. The van der Waals surface area contributed by atoms with Gasteiger partial charge in [-0.1, -0.05) is 23.7 Å². The number of furan rings is 1. The van der Waals surface area contributed by atoms with Crippen molar-refractivity contribution in [3.8, 4) is 5.69 Å². The van der Waals surface area contributed by atoms with Crippen LogP contribution in [0.3, 0.4) is 0 Å². The Morgan fingerprint density at radius 1 is 1.13 bits per heavy atom. The fourth-order valence-electron chi connectivity index (χ4n) is 3.52. The summed E-state index contributed by atoms with van der Waals surface area (Å²) in [6.07, 6.45) is 1.52. The molecule has 1 amide bonds. The standard InChI is InChI=1S/C23H20ClN3O4/c1-14-5-3-6-17(11-14)27-22(29)19-9-8-16(24)12-20(19)26(23(27)30)15(2)21(28)25-13-18-7-4-10-31-18/h3-12,15H,13H2,1-2H3,(H,25,28)/t15-/m1/s1. The zero-order valence-corrected chi connectivity index (χ0v) is 17.7. The molecule has 4 rings (SSSR count). The van der Waals surface area contributed by atoms with Crippen molar-refractivity contribution in [1.29, 1.82) is 0 Å². The van der Waals surface area contributed by atoms with E-state index in [1.807, 2.05) is 13.0 Å². The van der Waals surface area contributed by atoms with Crippen LogP contribution < -0.4 is 16.6 Å². The fourth-order valence-corrected chi connectivity index (χ4v) is 3.69. The molecule has 4 aromatic rings. The topological polar surface area (TPSA) is 86.2 Å². The molecule has 158 valence electrons. The Balaban J connectivity index is 1.88. The minimum atomic E-state index is -0.903. The largest absolute Gasteiger partial charge is 0.467 e. The third kappa shape index (κ3) is 3.92. The van der Waals surface area contributed by atoms with Gasteiger partial charge in [-0.15, -0.1) is 0 Å². The number of hydrogen-bond acceptors (Lipinski definition) is 4. The molecule has 0 spiro atoms. The highest BCUT2D eigenvalue weighted by atomic mass is 35.5. The van der Waals surface area contributed by atoms with E-state index in [0.717, 1.165) is 10.1 Å². The number of halogens is 1. The number of benzene rings is 2. The molecule has 0 saturated carbocycles. The second-order valence-corrected chi connectivity index (χ2v) is 7.70.